The largest absolute Gasteiger partial charge is 0.468 e. The molecule has 2 aromatic heterocycles. The summed E-state index contributed by atoms with van der Waals surface area (Å²) < 4.78 is 35.6. The molecule has 234 valence electrons. The van der Waals surface area contributed by atoms with Crippen molar-refractivity contribution in [2.75, 3.05) is 25.5 Å². The lowest BCUT2D eigenvalue weighted by Gasteiger charge is -2.20. The van der Waals surface area contributed by atoms with Gasteiger partial charge in [0.25, 0.3) is 5.91 Å². The Morgan fingerprint density at radius 1 is 1.14 bits per heavy atom. The Labute approximate surface area is 255 Å². The van der Waals surface area contributed by atoms with Gasteiger partial charge < -0.3 is 30.7 Å². The zero-order chi connectivity index (χ0) is 32.0. The normalized spacial score (nSPS) is 12.2. The quantitative estimate of drug-likeness (QED) is 0.138. The maximum absolute atomic E-state index is 13.5. The van der Waals surface area contributed by atoms with Crippen molar-refractivity contribution in [1.29, 1.82) is 0 Å². The summed E-state index contributed by atoms with van der Waals surface area (Å²) in [6, 6.07) is 7.31. The molecule has 13 nitrogen and oxygen atoms in total. The fraction of sp³-hybridized carbons (Fsp3) is 0.333. The van der Waals surface area contributed by atoms with E-state index in [0.717, 1.165) is 18.2 Å². The Hall–Kier alpha value is -4.53. The molecule has 0 spiro atoms. The predicted molar refractivity (Wildman–Crippen MR) is 167 cm³/mol. The summed E-state index contributed by atoms with van der Waals surface area (Å²) in [4.78, 5) is 46.5. The van der Waals surface area contributed by atoms with Crippen LogP contribution in [0.4, 0.5) is 5.95 Å². The number of pyridine rings is 1. The fourth-order valence-electron chi connectivity index (χ4n) is 5.14. The molecule has 0 aliphatic rings. The zero-order valence-electron chi connectivity index (χ0n) is 25.1. The molecular weight excluding hydrogens is 586 g/mol. The van der Waals surface area contributed by atoms with Crippen LogP contribution in [0.1, 0.15) is 39.0 Å². The van der Waals surface area contributed by atoms with E-state index in [-0.39, 0.29) is 10.5 Å². The number of carbonyl (C=O) groups is 2. The number of fused-ring (bicyclic) bond motifs is 1. The average molecular weight is 624 g/mol. The molecular formula is C30H37N7O6S. The Bertz CT molecular complexity index is 1810. The third-order valence-corrected chi connectivity index (χ3v) is 8.85. The molecule has 0 unspecified atom stereocenters. The van der Waals surface area contributed by atoms with Gasteiger partial charge in [0, 0.05) is 43.6 Å². The van der Waals surface area contributed by atoms with E-state index in [4.69, 9.17) is 10.5 Å². The molecule has 0 radical (unpaired) electrons. The summed E-state index contributed by atoms with van der Waals surface area (Å²) in [6.07, 6.45) is 5.38. The number of hydrogen-bond acceptors (Lipinski definition) is 9. The molecule has 1 amide bonds. The lowest BCUT2D eigenvalue weighted by Crippen LogP contribution is -2.49. The lowest BCUT2D eigenvalue weighted by atomic mass is 10.1. The monoisotopic (exact) mass is 623 g/mol. The van der Waals surface area contributed by atoms with Gasteiger partial charge in [-0.15, -0.1) is 0 Å². The van der Waals surface area contributed by atoms with Crippen molar-refractivity contribution in [1.82, 2.24) is 24.6 Å². The second-order valence-electron chi connectivity index (χ2n) is 10.5. The molecule has 0 aliphatic carbocycles. The van der Waals surface area contributed by atoms with Crippen molar-refractivity contribution in [2.45, 2.75) is 51.2 Å². The number of sulfonamides is 1. The van der Waals surface area contributed by atoms with Crippen LogP contribution >= 0.6 is 0 Å². The van der Waals surface area contributed by atoms with E-state index >= 15 is 0 Å². The van der Waals surface area contributed by atoms with Crippen molar-refractivity contribution in [2.24, 2.45) is 5.73 Å². The number of aromatic amines is 1. The number of H-pyrrole nitrogens is 1. The first-order chi connectivity index (χ1) is 20.9. The molecule has 6 N–H and O–H groups in total. The molecule has 0 aliphatic heterocycles. The van der Waals surface area contributed by atoms with E-state index in [2.05, 4.69) is 25.3 Å². The van der Waals surface area contributed by atoms with Crippen molar-refractivity contribution in [3.05, 3.63) is 87.0 Å². The van der Waals surface area contributed by atoms with Gasteiger partial charge >= 0.3 is 5.97 Å². The van der Waals surface area contributed by atoms with Crippen molar-refractivity contribution in [3.63, 3.8) is 0 Å². The second kappa shape index (κ2) is 13.8. The number of anilines is 1. The molecule has 0 bridgehead atoms. The summed E-state index contributed by atoms with van der Waals surface area (Å²) in [5, 5.41) is 6.03. The van der Waals surface area contributed by atoms with E-state index in [1.54, 1.807) is 55.1 Å². The molecule has 44 heavy (non-hydrogen) atoms. The maximum atomic E-state index is 13.5. The Kier molecular flexibility index (Phi) is 10.2. The predicted octanol–water partition coefficient (Wildman–Crippen LogP) is 1.86. The summed E-state index contributed by atoms with van der Waals surface area (Å²) in [5.41, 5.74) is 8.51. The van der Waals surface area contributed by atoms with Gasteiger partial charge in [0.05, 0.1) is 17.5 Å². The number of methoxy groups -OCH3 is 1. The molecule has 4 rings (SSSR count). The molecule has 0 fully saturated rings. The smallest absolute Gasteiger partial charge is 0.325 e. The highest BCUT2D eigenvalue weighted by molar-refractivity contribution is 7.89. The van der Waals surface area contributed by atoms with Gasteiger partial charge in [-0.2, -0.15) is 4.72 Å². The molecule has 2 heterocycles. The Morgan fingerprint density at radius 3 is 2.50 bits per heavy atom. The minimum absolute atomic E-state index is 0.0411. The number of benzene rings is 2. The van der Waals surface area contributed by atoms with Crippen LogP contribution in [0.25, 0.3) is 10.9 Å². The number of esters is 1. The third-order valence-electron chi connectivity index (χ3n) is 7.07. The number of nitrogens with one attached hydrogen (secondary N) is 4. The van der Waals surface area contributed by atoms with E-state index in [0.29, 0.717) is 54.0 Å². The van der Waals surface area contributed by atoms with Gasteiger partial charge in [-0.05, 0) is 62.6 Å². The first-order valence-electron chi connectivity index (χ1n) is 14.0. The first kappa shape index (κ1) is 32.4. The van der Waals surface area contributed by atoms with Crippen molar-refractivity contribution < 1.29 is 22.7 Å². The average Bonchev–Trinajstić information content (AvgIpc) is 3.50. The SMILES string of the molecule is COC(=O)[C@H](CNC(=O)c1cn(CCCN)c2cc(CNc3ncc[nH]3)ccc2c1=O)NS(=O)(=O)c1c(C)cc(C)cc1C. The topological polar surface area (TPSA) is 190 Å². The fourth-order valence-corrected chi connectivity index (χ4v) is 6.78. The molecule has 0 saturated heterocycles. The van der Waals surface area contributed by atoms with Crippen molar-refractivity contribution in [3.8, 4) is 0 Å². The van der Waals surface area contributed by atoms with Crippen LogP contribution in [0.15, 0.2) is 58.6 Å². The lowest BCUT2D eigenvalue weighted by molar-refractivity contribution is -0.142. The van der Waals surface area contributed by atoms with Crippen LogP contribution in [0.3, 0.4) is 0 Å². The van der Waals surface area contributed by atoms with Crippen LogP contribution in [0, 0.1) is 20.8 Å². The number of nitrogens with two attached hydrogens (primary N) is 1. The maximum Gasteiger partial charge on any atom is 0.325 e. The Balaban J connectivity index is 1.59. The number of amides is 1. The van der Waals surface area contributed by atoms with E-state index in [1.165, 1.54) is 6.20 Å². The summed E-state index contributed by atoms with van der Waals surface area (Å²) >= 11 is 0. The minimum atomic E-state index is -4.17. The zero-order valence-corrected chi connectivity index (χ0v) is 25.9. The van der Waals surface area contributed by atoms with E-state index in [9.17, 15) is 22.8 Å². The van der Waals surface area contributed by atoms with Gasteiger partial charge in [0.2, 0.25) is 15.5 Å². The van der Waals surface area contributed by atoms with Gasteiger partial charge in [-0.3, -0.25) is 14.4 Å². The van der Waals surface area contributed by atoms with Crippen LogP contribution < -0.4 is 26.5 Å². The number of nitrogens with zero attached hydrogens (tertiary/aromatic N) is 2. The number of carbonyl (C=O) groups excluding carboxylic acids is 2. The number of ether oxygens (including phenoxy) is 1. The van der Waals surface area contributed by atoms with E-state index in [1.807, 2.05) is 13.0 Å². The molecule has 14 heteroatoms. The molecule has 4 aromatic rings. The highest BCUT2D eigenvalue weighted by Gasteiger charge is 2.29. The van der Waals surface area contributed by atoms with Crippen LogP contribution in [0.5, 0.6) is 0 Å². The summed E-state index contributed by atoms with van der Waals surface area (Å²) in [7, 11) is -3.06. The number of rotatable bonds is 13. The van der Waals surface area contributed by atoms with E-state index < -0.39 is 39.9 Å². The van der Waals surface area contributed by atoms with Crippen LogP contribution in [-0.2, 0) is 32.6 Å². The molecule has 0 saturated carbocycles. The second-order valence-corrected chi connectivity index (χ2v) is 12.1. The molecule has 2 aromatic carbocycles. The minimum Gasteiger partial charge on any atom is -0.468 e. The van der Waals surface area contributed by atoms with Gasteiger partial charge in [-0.25, -0.2) is 13.4 Å². The third kappa shape index (κ3) is 7.33. The number of imidazole rings is 1. The summed E-state index contributed by atoms with van der Waals surface area (Å²) in [5.74, 6) is -1.06. The van der Waals surface area contributed by atoms with Gasteiger partial charge in [0.1, 0.15) is 11.6 Å². The van der Waals surface area contributed by atoms with Crippen LogP contribution in [0.2, 0.25) is 0 Å². The Morgan fingerprint density at radius 2 is 1.86 bits per heavy atom. The highest BCUT2D eigenvalue weighted by atomic mass is 32.2. The standard InChI is InChI=1S/C30H37N7O6S/c1-18-12-19(2)27(20(3)13-18)44(41,42)36-24(29(40)43-4)16-34-28(39)23-17-37(11-5-8-31)25-14-21(6-7-22(25)26(23)38)15-35-30-32-9-10-33-30/h6-7,9-10,12-14,17,24,36H,5,8,11,15-16,31H2,1-4H3,(H,34,39)(H2,32,33,35)/t24-/m0/s1. The molecule has 1 atom stereocenters. The van der Waals surface area contributed by atoms with Gasteiger partial charge in [0.15, 0.2) is 5.95 Å². The number of hydrogen-bond donors (Lipinski definition) is 5. The van der Waals surface area contributed by atoms with Crippen LogP contribution in [-0.4, -0.2) is 61.1 Å². The van der Waals surface area contributed by atoms with Gasteiger partial charge in [-0.1, -0.05) is 23.8 Å². The number of aromatic nitrogens is 3. The highest BCUT2D eigenvalue weighted by Crippen LogP contribution is 2.22. The van der Waals surface area contributed by atoms with Crippen molar-refractivity contribution >= 4 is 38.8 Å². The first-order valence-corrected chi connectivity index (χ1v) is 15.5. The summed E-state index contributed by atoms with van der Waals surface area (Å²) in [6.45, 7) is 6.02. The number of aryl methyl sites for hydroxylation is 4.